The number of hydrogen-bond acceptors (Lipinski definition) is 4. The van der Waals surface area contributed by atoms with E-state index in [1.54, 1.807) is 0 Å². The van der Waals surface area contributed by atoms with Crippen LogP contribution in [-0.2, 0) is 16.0 Å². The van der Waals surface area contributed by atoms with E-state index in [4.69, 9.17) is 9.47 Å². The topological polar surface area (TPSA) is 38.8 Å². The molecule has 0 fully saturated rings. The molecule has 4 heteroatoms. The van der Waals surface area contributed by atoms with Gasteiger partial charge in [0.2, 0.25) is 0 Å². The molecule has 4 nitrogen and oxygen atoms in total. The molecule has 0 spiro atoms. The molecule has 0 N–H and O–H groups in total. The van der Waals surface area contributed by atoms with Gasteiger partial charge in [0, 0.05) is 12.5 Å². The minimum Gasteiger partial charge on any atom is -0.493 e. The first-order valence-corrected chi connectivity index (χ1v) is 6.69. The highest BCUT2D eigenvalue weighted by molar-refractivity contribution is 5.70. The second kappa shape index (κ2) is 6.06. The Morgan fingerprint density at radius 2 is 2.26 bits per heavy atom. The molecule has 1 heterocycles. The highest BCUT2D eigenvalue weighted by Crippen LogP contribution is 2.31. The van der Waals surface area contributed by atoms with Crippen molar-refractivity contribution in [1.82, 2.24) is 4.90 Å². The first-order chi connectivity index (χ1) is 9.11. The molecule has 0 radical (unpaired) electrons. The van der Waals surface area contributed by atoms with E-state index in [1.165, 1.54) is 5.56 Å². The molecular weight excluding hydrogens is 242 g/mol. The maximum Gasteiger partial charge on any atom is 0.307 e. The SMILES string of the molecule is CCOC(=O)CC(c1ccc2c(c1)CCO2)N(C)C. The zero-order chi connectivity index (χ0) is 13.8. The largest absolute Gasteiger partial charge is 0.493 e. The summed E-state index contributed by atoms with van der Waals surface area (Å²) >= 11 is 0. The molecule has 0 aliphatic carbocycles. The standard InChI is InChI=1S/C15H21NO3/c1-4-18-15(17)10-13(16(2)3)11-5-6-14-12(9-11)7-8-19-14/h5-6,9,13H,4,7-8,10H2,1-3H3. The van der Waals surface area contributed by atoms with Gasteiger partial charge in [-0.25, -0.2) is 0 Å². The van der Waals surface area contributed by atoms with Crippen LogP contribution in [0.15, 0.2) is 18.2 Å². The van der Waals surface area contributed by atoms with Crippen molar-refractivity contribution in [3.8, 4) is 5.75 Å². The van der Waals surface area contributed by atoms with Crippen LogP contribution in [0.5, 0.6) is 5.75 Å². The summed E-state index contributed by atoms with van der Waals surface area (Å²) in [5, 5.41) is 0. The van der Waals surface area contributed by atoms with Crippen LogP contribution in [0.25, 0.3) is 0 Å². The molecule has 0 saturated carbocycles. The van der Waals surface area contributed by atoms with E-state index < -0.39 is 0 Å². The van der Waals surface area contributed by atoms with Gasteiger partial charge in [0.05, 0.1) is 19.6 Å². The molecule has 0 bridgehead atoms. The number of nitrogens with zero attached hydrogens (tertiary/aromatic N) is 1. The van der Waals surface area contributed by atoms with Gasteiger partial charge in [-0.3, -0.25) is 4.79 Å². The summed E-state index contributed by atoms with van der Waals surface area (Å²) < 4.78 is 10.6. The van der Waals surface area contributed by atoms with E-state index >= 15 is 0 Å². The lowest BCUT2D eigenvalue weighted by Crippen LogP contribution is -2.23. The van der Waals surface area contributed by atoms with Crippen molar-refractivity contribution >= 4 is 5.97 Å². The highest BCUT2D eigenvalue weighted by atomic mass is 16.5. The number of rotatable bonds is 5. The van der Waals surface area contributed by atoms with E-state index in [9.17, 15) is 4.79 Å². The lowest BCUT2D eigenvalue weighted by molar-refractivity contribution is -0.144. The van der Waals surface area contributed by atoms with Crippen molar-refractivity contribution in [2.45, 2.75) is 25.8 Å². The molecule has 2 rings (SSSR count). The number of benzene rings is 1. The summed E-state index contributed by atoms with van der Waals surface area (Å²) in [6.07, 6.45) is 1.32. The fourth-order valence-corrected chi connectivity index (χ4v) is 2.39. The molecule has 1 unspecified atom stereocenters. The minimum atomic E-state index is -0.155. The third-order valence-electron chi connectivity index (χ3n) is 3.39. The monoisotopic (exact) mass is 263 g/mol. The van der Waals surface area contributed by atoms with Gasteiger partial charge in [0.1, 0.15) is 5.75 Å². The Balaban J connectivity index is 2.17. The van der Waals surface area contributed by atoms with Crippen LogP contribution in [0.3, 0.4) is 0 Å². The van der Waals surface area contributed by atoms with Crippen LogP contribution in [0, 0.1) is 0 Å². The van der Waals surface area contributed by atoms with Crippen molar-refractivity contribution < 1.29 is 14.3 Å². The predicted molar refractivity (Wildman–Crippen MR) is 73.3 cm³/mol. The van der Waals surface area contributed by atoms with Gasteiger partial charge >= 0.3 is 5.97 Å². The van der Waals surface area contributed by atoms with E-state index in [0.29, 0.717) is 13.0 Å². The van der Waals surface area contributed by atoms with Crippen LogP contribution in [0.2, 0.25) is 0 Å². The Hall–Kier alpha value is -1.55. The second-order valence-corrected chi connectivity index (χ2v) is 4.95. The molecule has 19 heavy (non-hydrogen) atoms. The average Bonchev–Trinajstić information content (AvgIpc) is 2.83. The molecule has 0 amide bonds. The number of carbonyl (C=O) groups is 1. The average molecular weight is 263 g/mol. The van der Waals surface area contributed by atoms with Crippen LogP contribution in [-0.4, -0.2) is 38.2 Å². The van der Waals surface area contributed by atoms with Gasteiger partial charge in [-0.1, -0.05) is 12.1 Å². The van der Waals surface area contributed by atoms with E-state index in [2.05, 4.69) is 11.0 Å². The summed E-state index contributed by atoms with van der Waals surface area (Å²) in [5.41, 5.74) is 2.37. The molecule has 1 aromatic rings. The van der Waals surface area contributed by atoms with Crippen molar-refractivity contribution in [1.29, 1.82) is 0 Å². The first-order valence-electron chi connectivity index (χ1n) is 6.69. The zero-order valence-corrected chi connectivity index (χ0v) is 11.8. The number of fused-ring (bicyclic) bond motifs is 1. The molecule has 1 aliphatic heterocycles. The molecule has 1 atom stereocenters. The molecule has 1 aromatic carbocycles. The highest BCUT2D eigenvalue weighted by Gasteiger charge is 2.21. The molecule has 1 aliphatic rings. The minimum absolute atomic E-state index is 0.0462. The number of esters is 1. The lowest BCUT2D eigenvalue weighted by atomic mass is 9.99. The second-order valence-electron chi connectivity index (χ2n) is 4.95. The van der Waals surface area contributed by atoms with Crippen LogP contribution < -0.4 is 4.74 Å². The smallest absolute Gasteiger partial charge is 0.307 e. The fourth-order valence-electron chi connectivity index (χ4n) is 2.39. The number of hydrogen-bond donors (Lipinski definition) is 0. The molecule has 0 aromatic heterocycles. The van der Waals surface area contributed by atoms with Crippen LogP contribution in [0.1, 0.15) is 30.5 Å². The maximum atomic E-state index is 11.7. The summed E-state index contributed by atoms with van der Waals surface area (Å²) in [5.74, 6) is 0.815. The van der Waals surface area contributed by atoms with Crippen LogP contribution in [0.4, 0.5) is 0 Å². The van der Waals surface area contributed by atoms with Crippen LogP contribution >= 0.6 is 0 Å². The predicted octanol–water partition coefficient (Wildman–Crippen LogP) is 2.18. The summed E-state index contributed by atoms with van der Waals surface area (Å²) in [6.45, 7) is 3.01. The summed E-state index contributed by atoms with van der Waals surface area (Å²) in [7, 11) is 3.96. The quantitative estimate of drug-likeness (QED) is 0.763. The van der Waals surface area contributed by atoms with Gasteiger partial charge in [0.25, 0.3) is 0 Å². The Bertz CT molecular complexity index is 457. The molecule has 104 valence electrons. The van der Waals surface area contributed by atoms with Gasteiger partial charge in [0.15, 0.2) is 0 Å². The third kappa shape index (κ3) is 3.26. The Morgan fingerprint density at radius 3 is 2.95 bits per heavy atom. The normalized spacial score (nSPS) is 14.9. The Morgan fingerprint density at radius 1 is 1.47 bits per heavy atom. The van der Waals surface area contributed by atoms with Crippen molar-refractivity contribution in [2.24, 2.45) is 0 Å². The number of carbonyl (C=O) groups excluding carboxylic acids is 1. The van der Waals surface area contributed by atoms with Gasteiger partial charge in [-0.2, -0.15) is 0 Å². The fraction of sp³-hybridized carbons (Fsp3) is 0.533. The molecule has 0 saturated heterocycles. The number of ether oxygens (including phenoxy) is 2. The van der Waals surface area contributed by atoms with E-state index in [0.717, 1.165) is 24.3 Å². The van der Waals surface area contributed by atoms with Gasteiger partial charge < -0.3 is 14.4 Å². The van der Waals surface area contributed by atoms with Gasteiger partial charge in [-0.05, 0) is 38.2 Å². The lowest BCUT2D eigenvalue weighted by Gasteiger charge is -2.24. The van der Waals surface area contributed by atoms with Crippen molar-refractivity contribution in [3.63, 3.8) is 0 Å². The zero-order valence-electron chi connectivity index (χ0n) is 11.8. The maximum absolute atomic E-state index is 11.7. The summed E-state index contributed by atoms with van der Waals surface area (Å²) in [4.78, 5) is 13.7. The third-order valence-corrected chi connectivity index (χ3v) is 3.39. The molecular formula is C15H21NO3. The summed E-state index contributed by atoms with van der Waals surface area (Å²) in [6, 6.07) is 6.23. The van der Waals surface area contributed by atoms with E-state index in [1.807, 2.05) is 33.2 Å². The van der Waals surface area contributed by atoms with Crippen molar-refractivity contribution in [3.05, 3.63) is 29.3 Å². The van der Waals surface area contributed by atoms with Gasteiger partial charge in [-0.15, -0.1) is 0 Å². The first kappa shape index (κ1) is 13.9. The van der Waals surface area contributed by atoms with E-state index in [-0.39, 0.29) is 12.0 Å². The van der Waals surface area contributed by atoms with Crippen molar-refractivity contribution in [2.75, 3.05) is 27.3 Å². The Labute approximate surface area is 114 Å². The Kier molecular flexibility index (Phi) is 4.43.